The van der Waals surface area contributed by atoms with E-state index >= 15 is 0 Å². The number of hydrogen-bond acceptors (Lipinski definition) is 4. The molecular weight excluding hydrogens is 216 g/mol. The molecule has 2 unspecified atom stereocenters. The van der Waals surface area contributed by atoms with Gasteiger partial charge in [-0.25, -0.2) is 0 Å². The summed E-state index contributed by atoms with van der Waals surface area (Å²) in [5, 5.41) is 3.27. The lowest BCUT2D eigenvalue weighted by atomic mass is 10.0. The predicted molar refractivity (Wildman–Crippen MR) is 68.9 cm³/mol. The van der Waals surface area contributed by atoms with Crippen molar-refractivity contribution in [1.29, 1.82) is 0 Å². The van der Waals surface area contributed by atoms with Gasteiger partial charge in [0.1, 0.15) is 6.04 Å². The van der Waals surface area contributed by atoms with E-state index < -0.39 is 0 Å². The van der Waals surface area contributed by atoms with Crippen LogP contribution in [0.25, 0.3) is 0 Å². The minimum atomic E-state index is -0.0944. The molecule has 1 N–H and O–H groups in total. The lowest BCUT2D eigenvalue weighted by molar-refractivity contribution is -0.150. The predicted octanol–water partition coefficient (Wildman–Crippen LogP) is 1.26. The zero-order valence-corrected chi connectivity index (χ0v) is 11.4. The first-order valence-electron chi connectivity index (χ1n) is 6.80. The van der Waals surface area contributed by atoms with Gasteiger partial charge >= 0.3 is 5.97 Å². The number of rotatable bonds is 6. The molecule has 1 aliphatic rings. The first kappa shape index (κ1) is 14.5. The standard InChI is InChI=1S/C13H26N2O2/c1-4-6-11(3)10-15-8-7-14-9-12(15)13(16)17-5-2/h11-12,14H,4-10H2,1-3H3. The van der Waals surface area contributed by atoms with Crippen LogP contribution in [0.15, 0.2) is 0 Å². The Morgan fingerprint density at radius 2 is 2.29 bits per heavy atom. The van der Waals surface area contributed by atoms with Gasteiger partial charge in [-0.2, -0.15) is 0 Å². The van der Waals surface area contributed by atoms with Crippen molar-refractivity contribution in [3.63, 3.8) is 0 Å². The van der Waals surface area contributed by atoms with Crippen LogP contribution in [-0.4, -0.2) is 49.7 Å². The Balaban J connectivity index is 2.50. The van der Waals surface area contributed by atoms with Crippen LogP contribution in [-0.2, 0) is 9.53 Å². The van der Waals surface area contributed by atoms with Crippen LogP contribution < -0.4 is 5.32 Å². The Bertz CT molecular complexity index is 233. The molecule has 0 aromatic rings. The summed E-state index contributed by atoms with van der Waals surface area (Å²) in [5.74, 6) is 0.568. The summed E-state index contributed by atoms with van der Waals surface area (Å²) in [7, 11) is 0. The monoisotopic (exact) mass is 242 g/mol. The normalized spacial score (nSPS) is 23.4. The Hall–Kier alpha value is -0.610. The van der Waals surface area contributed by atoms with Crippen LogP contribution in [0.3, 0.4) is 0 Å². The van der Waals surface area contributed by atoms with E-state index in [0.29, 0.717) is 12.5 Å². The molecular formula is C13H26N2O2. The molecule has 0 aromatic heterocycles. The second kappa shape index (κ2) is 7.67. The molecule has 0 amide bonds. The van der Waals surface area contributed by atoms with Crippen LogP contribution in [0.5, 0.6) is 0 Å². The van der Waals surface area contributed by atoms with E-state index in [1.807, 2.05) is 6.92 Å². The van der Waals surface area contributed by atoms with Gasteiger partial charge in [0.2, 0.25) is 0 Å². The highest BCUT2D eigenvalue weighted by Crippen LogP contribution is 2.12. The molecule has 0 saturated carbocycles. The van der Waals surface area contributed by atoms with E-state index in [-0.39, 0.29) is 12.0 Å². The van der Waals surface area contributed by atoms with E-state index in [2.05, 4.69) is 24.1 Å². The first-order valence-corrected chi connectivity index (χ1v) is 6.80. The molecule has 2 atom stereocenters. The molecule has 0 aromatic carbocycles. The zero-order valence-electron chi connectivity index (χ0n) is 11.4. The molecule has 1 aliphatic heterocycles. The summed E-state index contributed by atoms with van der Waals surface area (Å²) in [4.78, 5) is 14.1. The average Bonchev–Trinajstić information content (AvgIpc) is 2.30. The summed E-state index contributed by atoms with van der Waals surface area (Å²) in [6, 6.07) is -0.0944. The van der Waals surface area contributed by atoms with Crippen LogP contribution in [0.2, 0.25) is 0 Å². The number of nitrogens with zero attached hydrogens (tertiary/aromatic N) is 1. The molecule has 0 bridgehead atoms. The molecule has 1 fully saturated rings. The molecule has 100 valence electrons. The minimum Gasteiger partial charge on any atom is -0.465 e. The van der Waals surface area contributed by atoms with Crippen molar-refractivity contribution in [1.82, 2.24) is 10.2 Å². The summed E-state index contributed by atoms with van der Waals surface area (Å²) in [6.45, 7) is 10.4. The first-order chi connectivity index (χ1) is 8.19. The number of hydrogen-bond donors (Lipinski definition) is 1. The number of esters is 1. The molecule has 1 rings (SSSR count). The van der Waals surface area contributed by atoms with Crippen molar-refractivity contribution in [2.45, 2.75) is 39.7 Å². The van der Waals surface area contributed by atoms with Gasteiger partial charge in [0.25, 0.3) is 0 Å². The maximum Gasteiger partial charge on any atom is 0.324 e. The van der Waals surface area contributed by atoms with Gasteiger partial charge in [-0.3, -0.25) is 9.69 Å². The Morgan fingerprint density at radius 3 is 2.94 bits per heavy atom. The Kier molecular flexibility index (Phi) is 6.52. The van der Waals surface area contributed by atoms with Crippen LogP contribution in [0.4, 0.5) is 0 Å². The zero-order chi connectivity index (χ0) is 12.7. The molecule has 0 aliphatic carbocycles. The summed E-state index contributed by atoms with van der Waals surface area (Å²) in [6.07, 6.45) is 2.43. The third-order valence-electron chi connectivity index (χ3n) is 3.24. The lowest BCUT2D eigenvalue weighted by Crippen LogP contribution is -2.56. The van der Waals surface area contributed by atoms with Gasteiger partial charge in [-0.15, -0.1) is 0 Å². The second-order valence-corrected chi connectivity index (χ2v) is 4.86. The SMILES string of the molecule is CCCC(C)CN1CCNCC1C(=O)OCC. The van der Waals surface area contributed by atoms with E-state index in [9.17, 15) is 4.79 Å². The maximum absolute atomic E-state index is 11.8. The van der Waals surface area contributed by atoms with E-state index in [1.54, 1.807) is 0 Å². The van der Waals surface area contributed by atoms with Crippen molar-refractivity contribution >= 4 is 5.97 Å². The molecule has 1 saturated heterocycles. The largest absolute Gasteiger partial charge is 0.465 e. The number of ether oxygens (including phenoxy) is 1. The van der Waals surface area contributed by atoms with E-state index in [0.717, 1.165) is 26.2 Å². The molecule has 0 spiro atoms. The summed E-state index contributed by atoms with van der Waals surface area (Å²) in [5.41, 5.74) is 0. The fraction of sp³-hybridized carbons (Fsp3) is 0.923. The van der Waals surface area contributed by atoms with Gasteiger partial charge in [-0.1, -0.05) is 20.3 Å². The van der Waals surface area contributed by atoms with Gasteiger partial charge in [-0.05, 0) is 19.3 Å². The molecule has 4 nitrogen and oxygen atoms in total. The number of nitrogens with one attached hydrogen (secondary N) is 1. The third kappa shape index (κ3) is 4.64. The highest BCUT2D eigenvalue weighted by molar-refractivity contribution is 5.76. The highest BCUT2D eigenvalue weighted by atomic mass is 16.5. The van der Waals surface area contributed by atoms with E-state index in [4.69, 9.17) is 4.74 Å². The molecule has 1 heterocycles. The second-order valence-electron chi connectivity index (χ2n) is 4.86. The minimum absolute atomic E-state index is 0.0802. The number of carbonyl (C=O) groups excluding carboxylic acids is 1. The third-order valence-corrected chi connectivity index (χ3v) is 3.24. The van der Waals surface area contributed by atoms with Gasteiger partial charge in [0, 0.05) is 26.2 Å². The molecule has 0 radical (unpaired) electrons. The number of carbonyl (C=O) groups is 1. The summed E-state index contributed by atoms with van der Waals surface area (Å²) >= 11 is 0. The van der Waals surface area contributed by atoms with Crippen LogP contribution in [0.1, 0.15) is 33.6 Å². The number of piperazine rings is 1. The fourth-order valence-corrected chi connectivity index (χ4v) is 2.42. The topological polar surface area (TPSA) is 41.6 Å². The van der Waals surface area contributed by atoms with Gasteiger partial charge in [0.15, 0.2) is 0 Å². The Labute approximate surface area is 105 Å². The van der Waals surface area contributed by atoms with E-state index in [1.165, 1.54) is 12.8 Å². The lowest BCUT2D eigenvalue weighted by Gasteiger charge is -2.36. The fourth-order valence-electron chi connectivity index (χ4n) is 2.42. The molecule has 17 heavy (non-hydrogen) atoms. The smallest absolute Gasteiger partial charge is 0.324 e. The van der Waals surface area contributed by atoms with Crippen molar-refractivity contribution in [2.75, 3.05) is 32.8 Å². The average molecular weight is 242 g/mol. The van der Waals surface area contributed by atoms with Gasteiger partial charge < -0.3 is 10.1 Å². The molecule has 4 heteroatoms. The quantitative estimate of drug-likeness (QED) is 0.712. The van der Waals surface area contributed by atoms with Crippen LogP contribution in [0, 0.1) is 5.92 Å². The van der Waals surface area contributed by atoms with Crippen LogP contribution >= 0.6 is 0 Å². The highest BCUT2D eigenvalue weighted by Gasteiger charge is 2.30. The van der Waals surface area contributed by atoms with Gasteiger partial charge in [0.05, 0.1) is 6.61 Å². The Morgan fingerprint density at radius 1 is 1.53 bits per heavy atom. The van der Waals surface area contributed by atoms with Crippen molar-refractivity contribution in [3.8, 4) is 0 Å². The maximum atomic E-state index is 11.8. The summed E-state index contributed by atoms with van der Waals surface area (Å²) < 4.78 is 5.13. The van der Waals surface area contributed by atoms with Crippen molar-refractivity contribution in [3.05, 3.63) is 0 Å². The van der Waals surface area contributed by atoms with Crippen molar-refractivity contribution in [2.24, 2.45) is 5.92 Å². The van der Waals surface area contributed by atoms with Crippen molar-refractivity contribution < 1.29 is 9.53 Å².